The summed E-state index contributed by atoms with van der Waals surface area (Å²) >= 11 is 0. The maximum absolute atomic E-state index is 12.6. The predicted octanol–water partition coefficient (Wildman–Crippen LogP) is 4.70. The van der Waals surface area contributed by atoms with Gasteiger partial charge in [0.25, 0.3) is 0 Å². The molecule has 35 heavy (non-hydrogen) atoms. The number of hydrogen-bond acceptors (Lipinski definition) is 4. The lowest BCUT2D eigenvalue weighted by Gasteiger charge is -2.37. The number of amides is 1. The summed E-state index contributed by atoms with van der Waals surface area (Å²) in [5.41, 5.74) is 7.42. The van der Waals surface area contributed by atoms with Crippen LogP contribution in [-0.4, -0.2) is 59.5 Å². The van der Waals surface area contributed by atoms with E-state index in [2.05, 4.69) is 109 Å². The average Bonchev–Trinajstić information content (AvgIpc) is 3.22. The number of carbonyl (C=O) groups is 1. The van der Waals surface area contributed by atoms with Crippen molar-refractivity contribution in [2.24, 2.45) is 5.92 Å². The first-order valence-electron chi connectivity index (χ1n) is 12.8. The highest BCUT2D eigenvalue weighted by Gasteiger charge is 2.33. The molecule has 3 aliphatic heterocycles. The number of carbonyl (C=O) groups excluding carboxylic acids is 1. The molecule has 3 aliphatic rings. The van der Waals surface area contributed by atoms with Crippen LogP contribution < -0.4 is 5.32 Å². The summed E-state index contributed by atoms with van der Waals surface area (Å²) in [6.07, 6.45) is 7.52. The third-order valence-corrected chi connectivity index (χ3v) is 7.02. The minimum absolute atomic E-state index is 0.113. The van der Waals surface area contributed by atoms with Crippen molar-refractivity contribution in [1.29, 1.82) is 0 Å². The lowest BCUT2D eigenvalue weighted by molar-refractivity contribution is -0.133. The van der Waals surface area contributed by atoms with Gasteiger partial charge in [0.1, 0.15) is 6.17 Å². The zero-order valence-corrected chi connectivity index (χ0v) is 21.1. The summed E-state index contributed by atoms with van der Waals surface area (Å²) < 4.78 is 0. The van der Waals surface area contributed by atoms with Gasteiger partial charge in [0, 0.05) is 45.3 Å². The smallest absolute Gasteiger partial charge is 0.222 e. The molecule has 2 aromatic carbocycles. The van der Waals surface area contributed by atoms with Gasteiger partial charge in [-0.25, -0.2) is 0 Å². The number of benzene rings is 2. The van der Waals surface area contributed by atoms with E-state index in [1.54, 1.807) is 0 Å². The van der Waals surface area contributed by atoms with Crippen LogP contribution in [0.15, 0.2) is 78.6 Å². The number of aryl methyl sites for hydroxylation is 1. The second kappa shape index (κ2) is 10.1. The number of allylic oxidation sites excluding steroid dienone is 2. The summed E-state index contributed by atoms with van der Waals surface area (Å²) in [7, 11) is 0. The second-order valence-corrected chi connectivity index (χ2v) is 10.3. The van der Waals surface area contributed by atoms with Crippen LogP contribution in [0.4, 0.5) is 0 Å². The molecule has 0 saturated carbocycles. The van der Waals surface area contributed by atoms with E-state index < -0.39 is 0 Å². The number of fused-ring (bicyclic) bond motifs is 1. The standard InChI is InChI=1S/C30H36N4O/c1-22(2)18-29(35)33-16-14-32(15-17-33)21-27-30(25-11-7-8-23(3)19-25)31-28-13-12-26(20-34(27)28)24-9-5-4-6-10-24/h4-13,19-20,22,28,31H,14-18,21H2,1-3H3. The van der Waals surface area contributed by atoms with Crippen molar-refractivity contribution < 1.29 is 4.79 Å². The van der Waals surface area contributed by atoms with Crippen molar-refractivity contribution in [3.05, 3.63) is 95.3 Å². The fraction of sp³-hybridized carbons (Fsp3) is 0.367. The van der Waals surface area contributed by atoms with Crippen LogP contribution in [0.25, 0.3) is 11.3 Å². The second-order valence-electron chi connectivity index (χ2n) is 10.3. The van der Waals surface area contributed by atoms with E-state index in [4.69, 9.17) is 0 Å². The summed E-state index contributed by atoms with van der Waals surface area (Å²) in [5, 5.41) is 3.78. The lowest BCUT2D eigenvalue weighted by atomic mass is 10.0. The highest BCUT2D eigenvalue weighted by molar-refractivity contribution is 5.78. The highest BCUT2D eigenvalue weighted by atomic mass is 16.2. The van der Waals surface area contributed by atoms with E-state index in [0.29, 0.717) is 18.2 Å². The molecule has 5 heteroatoms. The summed E-state index contributed by atoms with van der Waals surface area (Å²) in [6.45, 7) is 10.6. The molecule has 0 spiro atoms. The quantitative estimate of drug-likeness (QED) is 0.667. The van der Waals surface area contributed by atoms with E-state index in [-0.39, 0.29) is 6.17 Å². The number of nitrogens with one attached hydrogen (secondary N) is 1. The fourth-order valence-corrected chi connectivity index (χ4v) is 5.14. The Balaban J connectivity index is 1.40. The first kappa shape index (κ1) is 23.4. The van der Waals surface area contributed by atoms with Gasteiger partial charge in [-0.05, 0) is 41.7 Å². The van der Waals surface area contributed by atoms with Gasteiger partial charge in [-0.15, -0.1) is 0 Å². The van der Waals surface area contributed by atoms with Gasteiger partial charge in [-0.1, -0.05) is 74.0 Å². The third kappa shape index (κ3) is 5.20. The first-order valence-corrected chi connectivity index (χ1v) is 12.8. The third-order valence-electron chi connectivity index (χ3n) is 7.02. The Labute approximate surface area is 209 Å². The van der Waals surface area contributed by atoms with Gasteiger partial charge in [-0.3, -0.25) is 9.69 Å². The Bertz CT molecular complexity index is 1160. The molecule has 1 fully saturated rings. The largest absolute Gasteiger partial charge is 0.360 e. The van der Waals surface area contributed by atoms with Crippen molar-refractivity contribution >= 4 is 17.2 Å². The Morgan fingerprint density at radius 2 is 1.74 bits per heavy atom. The van der Waals surface area contributed by atoms with Crippen LogP contribution in [0.3, 0.4) is 0 Å². The van der Waals surface area contributed by atoms with Crippen LogP contribution in [0.2, 0.25) is 0 Å². The molecule has 0 bridgehead atoms. The van der Waals surface area contributed by atoms with Gasteiger partial charge in [-0.2, -0.15) is 0 Å². The van der Waals surface area contributed by atoms with Gasteiger partial charge >= 0.3 is 0 Å². The van der Waals surface area contributed by atoms with Crippen LogP contribution in [0.5, 0.6) is 0 Å². The van der Waals surface area contributed by atoms with Crippen molar-refractivity contribution in [3.8, 4) is 0 Å². The molecule has 1 saturated heterocycles. The van der Waals surface area contributed by atoms with Gasteiger partial charge in [0.05, 0.1) is 11.4 Å². The van der Waals surface area contributed by atoms with Crippen LogP contribution in [0, 0.1) is 12.8 Å². The monoisotopic (exact) mass is 468 g/mol. The topological polar surface area (TPSA) is 38.8 Å². The number of rotatable bonds is 6. The number of hydrogen-bond donors (Lipinski definition) is 1. The Morgan fingerprint density at radius 1 is 1.00 bits per heavy atom. The minimum atomic E-state index is 0.113. The van der Waals surface area contributed by atoms with Crippen LogP contribution in [-0.2, 0) is 4.79 Å². The lowest BCUT2D eigenvalue weighted by Crippen LogP contribution is -2.50. The van der Waals surface area contributed by atoms with E-state index in [1.807, 2.05) is 4.90 Å². The zero-order chi connectivity index (χ0) is 24.4. The van der Waals surface area contributed by atoms with E-state index >= 15 is 0 Å². The molecule has 2 aromatic rings. The normalized spacial score (nSPS) is 20.2. The SMILES string of the molecule is Cc1cccc(C2=C(CN3CCN(C(=O)CC(C)C)CC3)N3C=C(c4ccccc4)C=CC3N2)c1. The molecule has 1 N–H and O–H groups in total. The highest BCUT2D eigenvalue weighted by Crippen LogP contribution is 2.34. The first-order chi connectivity index (χ1) is 17.0. The van der Waals surface area contributed by atoms with Gasteiger partial charge < -0.3 is 15.1 Å². The van der Waals surface area contributed by atoms with Crippen molar-refractivity contribution in [1.82, 2.24) is 20.0 Å². The summed E-state index contributed by atoms with van der Waals surface area (Å²) in [6, 6.07) is 19.3. The van der Waals surface area contributed by atoms with Crippen LogP contribution >= 0.6 is 0 Å². The number of piperazine rings is 1. The molecule has 1 atom stereocenters. The molecular formula is C30H36N4O. The molecule has 5 rings (SSSR count). The van der Waals surface area contributed by atoms with Gasteiger partial charge in [0.2, 0.25) is 5.91 Å². The van der Waals surface area contributed by atoms with E-state index in [1.165, 1.54) is 33.7 Å². The molecule has 0 aromatic heterocycles. The molecular weight excluding hydrogens is 432 g/mol. The average molecular weight is 469 g/mol. The Kier molecular flexibility index (Phi) is 6.78. The Hall–Kier alpha value is -3.31. The molecule has 0 radical (unpaired) electrons. The maximum atomic E-state index is 12.6. The molecule has 182 valence electrons. The summed E-state index contributed by atoms with van der Waals surface area (Å²) in [5.74, 6) is 0.695. The molecule has 1 amide bonds. The maximum Gasteiger partial charge on any atom is 0.222 e. The van der Waals surface area contributed by atoms with E-state index in [0.717, 1.165) is 32.7 Å². The zero-order valence-electron chi connectivity index (χ0n) is 21.1. The number of nitrogens with zero attached hydrogens (tertiary/aromatic N) is 3. The fourth-order valence-electron chi connectivity index (χ4n) is 5.14. The molecule has 1 unspecified atom stereocenters. The molecule has 3 heterocycles. The van der Waals surface area contributed by atoms with Crippen molar-refractivity contribution in [3.63, 3.8) is 0 Å². The van der Waals surface area contributed by atoms with Crippen LogP contribution in [0.1, 0.15) is 37.0 Å². The summed E-state index contributed by atoms with van der Waals surface area (Å²) in [4.78, 5) is 19.5. The Morgan fingerprint density at radius 3 is 2.46 bits per heavy atom. The molecule has 5 nitrogen and oxygen atoms in total. The van der Waals surface area contributed by atoms with E-state index in [9.17, 15) is 4.79 Å². The van der Waals surface area contributed by atoms with Gasteiger partial charge in [0.15, 0.2) is 0 Å². The van der Waals surface area contributed by atoms with Crippen molar-refractivity contribution in [2.45, 2.75) is 33.4 Å². The molecule has 0 aliphatic carbocycles. The minimum Gasteiger partial charge on any atom is -0.360 e. The predicted molar refractivity (Wildman–Crippen MR) is 143 cm³/mol. The van der Waals surface area contributed by atoms with Crippen molar-refractivity contribution in [2.75, 3.05) is 32.7 Å².